The molecule has 1 aliphatic rings. The third-order valence-corrected chi connectivity index (χ3v) is 4.86. The van der Waals surface area contributed by atoms with Gasteiger partial charge in [0.15, 0.2) is 11.5 Å². The number of hydrogen-bond acceptors (Lipinski definition) is 6. The van der Waals surface area contributed by atoms with Gasteiger partial charge in [0, 0.05) is 30.9 Å². The lowest BCUT2D eigenvalue weighted by Crippen LogP contribution is -2.37. The van der Waals surface area contributed by atoms with E-state index in [2.05, 4.69) is 10.2 Å². The van der Waals surface area contributed by atoms with Crippen molar-refractivity contribution in [2.75, 3.05) is 32.6 Å². The van der Waals surface area contributed by atoms with Gasteiger partial charge in [-0.05, 0) is 48.2 Å². The molecular weight excluding hydrogens is 362 g/mol. The molecule has 0 spiro atoms. The Hall–Kier alpha value is -3.13. The minimum absolute atomic E-state index is 0.00696. The SMILES string of the molecule is COc1cc2c(cc1OC)CN(CC(=O)Nc1ccc([N+](=O)[O-])cc1C)CC2. The van der Waals surface area contributed by atoms with Crippen LogP contribution in [0, 0.1) is 17.0 Å². The highest BCUT2D eigenvalue weighted by atomic mass is 16.6. The third kappa shape index (κ3) is 4.23. The van der Waals surface area contributed by atoms with Crippen LogP contribution in [0.4, 0.5) is 11.4 Å². The number of carbonyl (C=O) groups excluding carboxylic acids is 1. The zero-order chi connectivity index (χ0) is 20.3. The number of fused-ring (bicyclic) bond motifs is 1. The second-order valence-electron chi connectivity index (χ2n) is 6.74. The molecule has 1 aliphatic heterocycles. The van der Waals surface area contributed by atoms with Gasteiger partial charge in [-0.2, -0.15) is 0 Å². The summed E-state index contributed by atoms with van der Waals surface area (Å²) in [6.07, 6.45) is 0.819. The van der Waals surface area contributed by atoms with Crippen LogP contribution in [0.25, 0.3) is 0 Å². The van der Waals surface area contributed by atoms with Crippen molar-refractivity contribution in [2.45, 2.75) is 19.9 Å². The van der Waals surface area contributed by atoms with Crippen molar-refractivity contribution in [2.24, 2.45) is 0 Å². The van der Waals surface area contributed by atoms with Crippen LogP contribution in [0.2, 0.25) is 0 Å². The van der Waals surface area contributed by atoms with E-state index in [-0.39, 0.29) is 18.1 Å². The van der Waals surface area contributed by atoms with Crippen molar-refractivity contribution in [3.8, 4) is 11.5 Å². The Morgan fingerprint density at radius 1 is 1.18 bits per heavy atom. The predicted molar refractivity (Wildman–Crippen MR) is 105 cm³/mol. The number of anilines is 1. The number of carbonyl (C=O) groups is 1. The van der Waals surface area contributed by atoms with Crippen molar-refractivity contribution in [3.63, 3.8) is 0 Å². The van der Waals surface area contributed by atoms with Gasteiger partial charge in [0.2, 0.25) is 5.91 Å². The lowest BCUT2D eigenvalue weighted by atomic mass is 9.99. The van der Waals surface area contributed by atoms with E-state index in [0.717, 1.165) is 18.5 Å². The van der Waals surface area contributed by atoms with E-state index in [1.807, 2.05) is 12.1 Å². The first-order valence-corrected chi connectivity index (χ1v) is 8.92. The second-order valence-corrected chi connectivity index (χ2v) is 6.74. The number of ether oxygens (including phenoxy) is 2. The van der Waals surface area contributed by atoms with Gasteiger partial charge >= 0.3 is 0 Å². The standard InChI is InChI=1S/C20H23N3O5/c1-13-8-16(23(25)26)4-5-17(13)21-20(24)12-22-7-6-14-9-18(27-2)19(28-3)10-15(14)11-22/h4-5,8-10H,6-7,11-12H2,1-3H3,(H,21,24). The lowest BCUT2D eigenvalue weighted by Gasteiger charge is -2.29. The Morgan fingerprint density at radius 3 is 2.46 bits per heavy atom. The second kappa shape index (κ2) is 8.26. The number of nitrogens with zero attached hydrogens (tertiary/aromatic N) is 2. The molecule has 0 aliphatic carbocycles. The summed E-state index contributed by atoms with van der Waals surface area (Å²) in [5, 5.41) is 13.7. The maximum atomic E-state index is 12.5. The molecule has 3 rings (SSSR count). The van der Waals surface area contributed by atoms with E-state index in [4.69, 9.17) is 9.47 Å². The highest BCUT2D eigenvalue weighted by molar-refractivity contribution is 5.93. The smallest absolute Gasteiger partial charge is 0.269 e. The van der Waals surface area contributed by atoms with Crippen molar-refractivity contribution >= 4 is 17.3 Å². The number of benzene rings is 2. The quantitative estimate of drug-likeness (QED) is 0.607. The average molecular weight is 385 g/mol. The Morgan fingerprint density at radius 2 is 1.86 bits per heavy atom. The molecule has 8 nitrogen and oxygen atoms in total. The van der Waals surface area contributed by atoms with Gasteiger partial charge in [-0.15, -0.1) is 0 Å². The molecule has 0 aromatic heterocycles. The Kier molecular flexibility index (Phi) is 5.79. The van der Waals surface area contributed by atoms with Gasteiger partial charge in [-0.1, -0.05) is 0 Å². The Labute approximate surface area is 163 Å². The fraction of sp³-hybridized carbons (Fsp3) is 0.350. The summed E-state index contributed by atoms with van der Waals surface area (Å²) in [7, 11) is 3.22. The summed E-state index contributed by atoms with van der Waals surface area (Å²) in [4.78, 5) is 24.9. The number of nitro groups is 1. The molecular formula is C20H23N3O5. The molecule has 0 saturated carbocycles. The maximum Gasteiger partial charge on any atom is 0.269 e. The van der Waals surface area contributed by atoms with Crippen molar-refractivity contribution in [3.05, 3.63) is 57.1 Å². The summed E-state index contributed by atoms with van der Waals surface area (Å²) in [5.74, 6) is 1.23. The number of amides is 1. The molecule has 0 radical (unpaired) electrons. The molecule has 1 N–H and O–H groups in total. The Bertz CT molecular complexity index is 913. The molecule has 0 saturated heterocycles. The first kappa shape index (κ1) is 19.6. The van der Waals surface area contributed by atoms with Crippen LogP contribution in [0.5, 0.6) is 11.5 Å². The molecule has 0 bridgehead atoms. The van der Waals surface area contributed by atoms with E-state index in [1.165, 1.54) is 17.7 Å². The minimum Gasteiger partial charge on any atom is -0.493 e. The van der Waals surface area contributed by atoms with E-state index in [9.17, 15) is 14.9 Å². The molecule has 2 aromatic rings. The number of non-ortho nitro benzene ring substituents is 1. The van der Waals surface area contributed by atoms with Gasteiger partial charge in [0.25, 0.3) is 5.69 Å². The maximum absolute atomic E-state index is 12.5. The van der Waals surface area contributed by atoms with Gasteiger partial charge in [0.05, 0.1) is 25.7 Å². The van der Waals surface area contributed by atoms with Crippen LogP contribution in [0.3, 0.4) is 0 Å². The Balaban J connectivity index is 1.65. The lowest BCUT2D eigenvalue weighted by molar-refractivity contribution is -0.384. The molecule has 0 atom stereocenters. The highest BCUT2D eigenvalue weighted by Gasteiger charge is 2.21. The van der Waals surface area contributed by atoms with Gasteiger partial charge in [0.1, 0.15) is 0 Å². The largest absolute Gasteiger partial charge is 0.493 e. The minimum atomic E-state index is -0.451. The number of rotatable bonds is 6. The van der Waals surface area contributed by atoms with Crippen molar-refractivity contribution in [1.82, 2.24) is 4.90 Å². The molecule has 2 aromatic carbocycles. The average Bonchev–Trinajstić information content (AvgIpc) is 2.68. The number of nitro benzene ring substituents is 1. The summed E-state index contributed by atoms with van der Waals surface area (Å²) in [6, 6.07) is 8.35. The molecule has 0 unspecified atom stereocenters. The summed E-state index contributed by atoms with van der Waals surface area (Å²) < 4.78 is 10.7. The molecule has 148 valence electrons. The normalized spacial score (nSPS) is 13.5. The highest BCUT2D eigenvalue weighted by Crippen LogP contribution is 2.33. The predicted octanol–water partition coefficient (Wildman–Crippen LogP) is 2.92. The zero-order valence-corrected chi connectivity index (χ0v) is 16.2. The van der Waals surface area contributed by atoms with Crippen molar-refractivity contribution < 1.29 is 19.2 Å². The zero-order valence-electron chi connectivity index (χ0n) is 16.2. The molecule has 1 heterocycles. The van der Waals surface area contributed by atoms with Gasteiger partial charge in [-0.3, -0.25) is 19.8 Å². The van der Waals surface area contributed by atoms with Crippen LogP contribution < -0.4 is 14.8 Å². The van der Waals surface area contributed by atoms with Gasteiger partial charge in [-0.25, -0.2) is 0 Å². The number of methoxy groups -OCH3 is 2. The molecule has 28 heavy (non-hydrogen) atoms. The van der Waals surface area contributed by atoms with E-state index < -0.39 is 4.92 Å². The van der Waals surface area contributed by atoms with Crippen LogP contribution in [0.15, 0.2) is 30.3 Å². The van der Waals surface area contributed by atoms with Crippen LogP contribution in [-0.4, -0.2) is 43.0 Å². The van der Waals surface area contributed by atoms with E-state index in [0.29, 0.717) is 29.3 Å². The fourth-order valence-electron chi connectivity index (χ4n) is 3.37. The first-order valence-electron chi connectivity index (χ1n) is 8.92. The first-order chi connectivity index (χ1) is 13.4. The topological polar surface area (TPSA) is 93.9 Å². The van der Waals surface area contributed by atoms with Crippen molar-refractivity contribution in [1.29, 1.82) is 0 Å². The molecule has 8 heteroatoms. The van der Waals surface area contributed by atoms with Crippen LogP contribution in [0.1, 0.15) is 16.7 Å². The number of nitrogens with one attached hydrogen (secondary N) is 1. The molecule has 1 amide bonds. The summed E-state index contributed by atoms with van der Waals surface area (Å²) in [6.45, 7) is 3.38. The number of aryl methyl sites for hydroxylation is 1. The summed E-state index contributed by atoms with van der Waals surface area (Å²) >= 11 is 0. The third-order valence-electron chi connectivity index (χ3n) is 4.86. The van der Waals surface area contributed by atoms with Crippen LogP contribution in [-0.2, 0) is 17.8 Å². The fourth-order valence-corrected chi connectivity index (χ4v) is 3.37. The number of hydrogen-bond donors (Lipinski definition) is 1. The van der Waals surface area contributed by atoms with Gasteiger partial charge < -0.3 is 14.8 Å². The monoisotopic (exact) mass is 385 g/mol. The summed E-state index contributed by atoms with van der Waals surface area (Å²) in [5.41, 5.74) is 3.55. The van der Waals surface area contributed by atoms with E-state index >= 15 is 0 Å². The molecule has 0 fully saturated rings. The van der Waals surface area contributed by atoms with Crippen LogP contribution >= 0.6 is 0 Å². The van der Waals surface area contributed by atoms with E-state index in [1.54, 1.807) is 27.2 Å².